The summed E-state index contributed by atoms with van der Waals surface area (Å²) in [6.07, 6.45) is 0. The van der Waals surface area contributed by atoms with Gasteiger partial charge >= 0.3 is 0 Å². The van der Waals surface area contributed by atoms with Crippen molar-refractivity contribution in [1.29, 1.82) is 0 Å². The van der Waals surface area contributed by atoms with E-state index in [2.05, 4.69) is 115 Å². The van der Waals surface area contributed by atoms with E-state index in [1.165, 1.54) is 27.8 Å². The molecule has 0 fully saturated rings. The number of fused-ring (bicyclic) bond motifs is 2. The predicted octanol–water partition coefficient (Wildman–Crippen LogP) is 10.9. The Bertz CT molecular complexity index is 2000. The van der Waals surface area contributed by atoms with Crippen LogP contribution in [0.4, 0.5) is 0 Å². The molecule has 0 saturated carbocycles. The molecule has 40 heavy (non-hydrogen) atoms. The van der Waals surface area contributed by atoms with Crippen molar-refractivity contribution >= 4 is 10.8 Å². The minimum atomic E-state index is 0.850. The summed E-state index contributed by atoms with van der Waals surface area (Å²) in [7, 11) is 0. The lowest BCUT2D eigenvalue weighted by molar-refractivity contribution is 0.487. The van der Waals surface area contributed by atoms with Crippen molar-refractivity contribution in [3.8, 4) is 67.5 Å². The van der Waals surface area contributed by atoms with E-state index >= 15 is 0 Å². The Balaban J connectivity index is 1.11. The van der Waals surface area contributed by atoms with Gasteiger partial charge in [-0.1, -0.05) is 109 Å². The minimum absolute atomic E-state index is 0.850. The fraction of sp³-hybridized carbons (Fsp3) is 0. The maximum atomic E-state index is 6.42. The SMILES string of the molecule is c1ccc(-c2ccc(-c3ccc(-c4ccc(-c5cc6c7c(cccc7c5)Oc5ccccc5-6)o4)cc3)cc2)cc1. The third kappa shape index (κ3) is 3.81. The molecule has 2 nitrogen and oxygen atoms in total. The molecule has 0 bridgehead atoms. The van der Waals surface area contributed by atoms with E-state index in [0.717, 1.165) is 50.5 Å². The van der Waals surface area contributed by atoms with Crippen molar-refractivity contribution in [3.63, 3.8) is 0 Å². The van der Waals surface area contributed by atoms with Gasteiger partial charge in [-0.15, -0.1) is 0 Å². The Morgan fingerprint density at radius 3 is 1.65 bits per heavy atom. The van der Waals surface area contributed by atoms with E-state index in [1.807, 2.05) is 30.3 Å². The van der Waals surface area contributed by atoms with Crippen molar-refractivity contribution in [2.75, 3.05) is 0 Å². The molecule has 0 N–H and O–H groups in total. The summed E-state index contributed by atoms with van der Waals surface area (Å²) < 4.78 is 12.6. The van der Waals surface area contributed by atoms with E-state index in [9.17, 15) is 0 Å². The van der Waals surface area contributed by atoms with Crippen LogP contribution in [0.15, 0.2) is 150 Å². The third-order valence-electron chi connectivity index (χ3n) is 7.72. The summed E-state index contributed by atoms with van der Waals surface area (Å²) in [5.41, 5.74) is 9.21. The van der Waals surface area contributed by atoms with Gasteiger partial charge < -0.3 is 9.15 Å². The van der Waals surface area contributed by atoms with Crippen LogP contribution in [-0.4, -0.2) is 0 Å². The highest BCUT2D eigenvalue weighted by Crippen LogP contribution is 2.48. The number of ether oxygens (including phenoxy) is 1. The molecular weight excluding hydrogens is 488 g/mol. The van der Waals surface area contributed by atoms with Gasteiger partial charge in [-0.3, -0.25) is 0 Å². The zero-order valence-electron chi connectivity index (χ0n) is 21.7. The number of hydrogen-bond donors (Lipinski definition) is 0. The first-order valence-electron chi connectivity index (χ1n) is 13.5. The summed E-state index contributed by atoms with van der Waals surface area (Å²) >= 11 is 0. The van der Waals surface area contributed by atoms with Crippen LogP contribution in [0.1, 0.15) is 0 Å². The van der Waals surface area contributed by atoms with Crippen LogP contribution in [-0.2, 0) is 0 Å². The summed E-state index contributed by atoms with van der Waals surface area (Å²) in [5, 5.41) is 2.28. The Labute approximate surface area is 232 Å². The molecule has 0 spiro atoms. The lowest BCUT2D eigenvalue weighted by atomic mass is 9.92. The molecule has 8 rings (SSSR count). The second-order valence-electron chi connectivity index (χ2n) is 10.2. The van der Waals surface area contributed by atoms with Crippen LogP contribution in [0.5, 0.6) is 11.5 Å². The van der Waals surface area contributed by atoms with Crippen molar-refractivity contribution in [2.45, 2.75) is 0 Å². The molecule has 0 saturated heterocycles. The van der Waals surface area contributed by atoms with Crippen molar-refractivity contribution in [2.24, 2.45) is 0 Å². The maximum Gasteiger partial charge on any atom is 0.135 e. The first-order chi connectivity index (χ1) is 19.8. The molecule has 1 aliphatic heterocycles. The van der Waals surface area contributed by atoms with E-state index in [1.54, 1.807) is 0 Å². The fourth-order valence-electron chi connectivity index (χ4n) is 5.69. The van der Waals surface area contributed by atoms with E-state index < -0.39 is 0 Å². The van der Waals surface area contributed by atoms with Gasteiger partial charge in [-0.05, 0) is 69.6 Å². The molecule has 188 valence electrons. The second kappa shape index (κ2) is 9.14. The molecule has 7 aromatic rings. The summed E-state index contributed by atoms with van der Waals surface area (Å²) in [6, 6.07) is 50.7. The molecule has 2 heteroatoms. The van der Waals surface area contributed by atoms with Gasteiger partial charge in [0.25, 0.3) is 0 Å². The van der Waals surface area contributed by atoms with Gasteiger partial charge in [0.15, 0.2) is 0 Å². The summed E-state index contributed by atoms with van der Waals surface area (Å²) in [4.78, 5) is 0. The van der Waals surface area contributed by atoms with Gasteiger partial charge in [-0.25, -0.2) is 0 Å². The van der Waals surface area contributed by atoms with Crippen LogP contribution in [0, 0.1) is 0 Å². The van der Waals surface area contributed by atoms with Crippen molar-refractivity contribution in [3.05, 3.63) is 146 Å². The maximum absolute atomic E-state index is 6.42. The average Bonchev–Trinajstić information content (AvgIpc) is 3.52. The normalized spacial score (nSPS) is 11.7. The third-order valence-corrected chi connectivity index (χ3v) is 7.72. The Hall–Kier alpha value is -5.34. The lowest BCUT2D eigenvalue weighted by Crippen LogP contribution is -1.97. The first kappa shape index (κ1) is 22.6. The van der Waals surface area contributed by atoms with Crippen LogP contribution in [0.2, 0.25) is 0 Å². The van der Waals surface area contributed by atoms with Gasteiger partial charge in [0, 0.05) is 22.1 Å². The van der Waals surface area contributed by atoms with Crippen molar-refractivity contribution in [1.82, 2.24) is 0 Å². The molecule has 0 aliphatic carbocycles. The van der Waals surface area contributed by atoms with E-state index in [-0.39, 0.29) is 0 Å². The molecule has 6 aromatic carbocycles. The Morgan fingerprint density at radius 2 is 0.925 bits per heavy atom. The molecule has 0 unspecified atom stereocenters. The topological polar surface area (TPSA) is 22.4 Å². The monoisotopic (exact) mass is 512 g/mol. The lowest BCUT2D eigenvalue weighted by Gasteiger charge is -2.21. The van der Waals surface area contributed by atoms with E-state index in [4.69, 9.17) is 9.15 Å². The quantitative estimate of drug-likeness (QED) is 0.234. The number of hydrogen-bond acceptors (Lipinski definition) is 2. The molecule has 1 aromatic heterocycles. The summed E-state index contributed by atoms with van der Waals surface area (Å²) in [6.45, 7) is 0. The van der Waals surface area contributed by atoms with Crippen LogP contribution in [0.25, 0.3) is 66.8 Å². The van der Waals surface area contributed by atoms with Crippen LogP contribution in [0.3, 0.4) is 0 Å². The number of para-hydroxylation sites is 1. The van der Waals surface area contributed by atoms with Gasteiger partial charge in [0.2, 0.25) is 0 Å². The molecular formula is C38H24O2. The fourth-order valence-corrected chi connectivity index (χ4v) is 5.69. The van der Waals surface area contributed by atoms with Crippen molar-refractivity contribution < 1.29 is 9.15 Å². The standard InChI is InChI=1S/C38H24O2/c1-2-7-25(8-3-1)26-13-15-27(16-14-26)28-17-19-29(20-18-28)34-21-22-35(39-34)31-23-30-9-6-12-37-38(30)33(24-31)32-10-4-5-11-36(32)40-37/h1-24H. The van der Waals surface area contributed by atoms with Gasteiger partial charge in [0.05, 0.1) is 0 Å². The zero-order chi connectivity index (χ0) is 26.5. The largest absolute Gasteiger partial charge is 0.456 e. The van der Waals surface area contributed by atoms with Crippen LogP contribution >= 0.6 is 0 Å². The number of furan rings is 1. The van der Waals surface area contributed by atoms with E-state index in [0.29, 0.717) is 0 Å². The minimum Gasteiger partial charge on any atom is -0.456 e. The Morgan fingerprint density at radius 1 is 0.350 bits per heavy atom. The van der Waals surface area contributed by atoms with Gasteiger partial charge in [-0.2, -0.15) is 0 Å². The predicted molar refractivity (Wildman–Crippen MR) is 163 cm³/mol. The van der Waals surface area contributed by atoms with Crippen LogP contribution < -0.4 is 4.74 Å². The summed E-state index contributed by atoms with van der Waals surface area (Å²) in [5.74, 6) is 3.48. The highest BCUT2D eigenvalue weighted by molar-refractivity contribution is 6.06. The number of rotatable bonds is 4. The molecule has 0 atom stereocenters. The highest BCUT2D eigenvalue weighted by atomic mass is 16.5. The zero-order valence-corrected chi connectivity index (χ0v) is 21.7. The highest BCUT2D eigenvalue weighted by Gasteiger charge is 2.21. The smallest absolute Gasteiger partial charge is 0.135 e. The first-order valence-corrected chi connectivity index (χ1v) is 13.5. The molecule has 0 amide bonds. The second-order valence-corrected chi connectivity index (χ2v) is 10.2. The molecule has 2 heterocycles. The number of benzene rings is 6. The average molecular weight is 513 g/mol. The molecule has 1 aliphatic rings. The van der Waals surface area contributed by atoms with Gasteiger partial charge in [0.1, 0.15) is 23.0 Å². The Kier molecular flexibility index (Phi) is 5.17. The molecule has 0 radical (unpaired) electrons.